The Kier molecular flexibility index (Phi) is 4.71. The molecule has 9 heteroatoms. The Labute approximate surface area is 162 Å². The first-order chi connectivity index (χ1) is 13.0. The van der Waals surface area contributed by atoms with E-state index in [1.54, 1.807) is 29.2 Å². The van der Waals surface area contributed by atoms with Crippen LogP contribution in [-0.4, -0.2) is 39.0 Å². The number of hydrogen-bond acceptors (Lipinski definition) is 5. The summed E-state index contributed by atoms with van der Waals surface area (Å²) in [6, 6.07) is 7.33. The standard InChI is InChI=1S/C18H18ClN5O2S/c1-2-23-12-16(10-21-23)27(25,26)24-8-7-17-14(11-24)9-20-18(22-17)13-3-5-15(19)6-4-13/h3-6,9-10,12H,2,7-8,11H2,1H3. The molecule has 0 saturated heterocycles. The lowest BCUT2D eigenvalue weighted by Gasteiger charge is -2.26. The second-order valence-electron chi connectivity index (χ2n) is 6.29. The maximum Gasteiger partial charge on any atom is 0.246 e. The van der Waals surface area contributed by atoms with Gasteiger partial charge in [-0.25, -0.2) is 18.4 Å². The first kappa shape index (κ1) is 18.1. The van der Waals surface area contributed by atoms with Gasteiger partial charge in [-0.3, -0.25) is 4.68 Å². The fraction of sp³-hybridized carbons (Fsp3) is 0.278. The quantitative estimate of drug-likeness (QED) is 0.669. The van der Waals surface area contributed by atoms with Crippen molar-refractivity contribution in [2.45, 2.75) is 31.3 Å². The SMILES string of the molecule is CCn1cc(S(=O)(=O)N2CCc3nc(-c4ccc(Cl)cc4)ncc3C2)cn1. The van der Waals surface area contributed by atoms with E-state index in [-0.39, 0.29) is 11.4 Å². The van der Waals surface area contributed by atoms with Gasteiger partial charge in [0.25, 0.3) is 0 Å². The normalized spacial score (nSPS) is 14.9. The number of sulfonamides is 1. The van der Waals surface area contributed by atoms with Crippen molar-refractivity contribution in [3.05, 3.63) is 59.1 Å². The predicted molar refractivity (Wildman–Crippen MR) is 102 cm³/mol. The molecule has 0 bridgehead atoms. The molecule has 1 aromatic carbocycles. The third-order valence-corrected chi connectivity index (χ3v) is 6.62. The number of halogens is 1. The van der Waals surface area contributed by atoms with Gasteiger partial charge in [-0.15, -0.1) is 0 Å². The molecule has 0 spiro atoms. The van der Waals surface area contributed by atoms with Crippen LogP contribution in [0, 0.1) is 0 Å². The van der Waals surface area contributed by atoms with Gasteiger partial charge in [-0.2, -0.15) is 9.40 Å². The molecule has 27 heavy (non-hydrogen) atoms. The molecule has 0 unspecified atom stereocenters. The molecule has 3 aromatic rings. The van der Waals surface area contributed by atoms with E-state index in [4.69, 9.17) is 11.6 Å². The molecule has 1 aliphatic rings. The average molecular weight is 404 g/mol. The largest absolute Gasteiger partial charge is 0.272 e. The van der Waals surface area contributed by atoms with Gasteiger partial charge in [-0.1, -0.05) is 11.6 Å². The Balaban J connectivity index is 1.59. The van der Waals surface area contributed by atoms with Crippen LogP contribution in [0.15, 0.2) is 47.8 Å². The van der Waals surface area contributed by atoms with E-state index in [0.717, 1.165) is 16.8 Å². The second-order valence-corrected chi connectivity index (χ2v) is 8.67. The number of nitrogens with zero attached hydrogens (tertiary/aromatic N) is 5. The van der Waals surface area contributed by atoms with Gasteiger partial charge in [0.2, 0.25) is 10.0 Å². The van der Waals surface area contributed by atoms with E-state index in [1.807, 2.05) is 19.1 Å². The summed E-state index contributed by atoms with van der Waals surface area (Å²) >= 11 is 5.93. The lowest BCUT2D eigenvalue weighted by Crippen LogP contribution is -2.36. The average Bonchev–Trinajstić information content (AvgIpc) is 3.18. The van der Waals surface area contributed by atoms with Crippen molar-refractivity contribution in [1.29, 1.82) is 0 Å². The molecular formula is C18H18ClN5O2S. The highest BCUT2D eigenvalue weighted by atomic mass is 35.5. The van der Waals surface area contributed by atoms with Gasteiger partial charge < -0.3 is 0 Å². The van der Waals surface area contributed by atoms with Gasteiger partial charge in [0, 0.05) is 54.6 Å². The highest BCUT2D eigenvalue weighted by molar-refractivity contribution is 7.89. The smallest absolute Gasteiger partial charge is 0.246 e. The zero-order valence-corrected chi connectivity index (χ0v) is 16.3. The topological polar surface area (TPSA) is 81.0 Å². The van der Waals surface area contributed by atoms with E-state index in [0.29, 0.717) is 30.4 Å². The van der Waals surface area contributed by atoms with E-state index in [2.05, 4.69) is 15.1 Å². The third-order valence-electron chi connectivity index (χ3n) is 4.57. The van der Waals surface area contributed by atoms with Crippen molar-refractivity contribution in [1.82, 2.24) is 24.1 Å². The van der Waals surface area contributed by atoms with Crippen LogP contribution in [0.3, 0.4) is 0 Å². The summed E-state index contributed by atoms with van der Waals surface area (Å²) in [6.07, 6.45) is 5.21. The van der Waals surface area contributed by atoms with Crippen molar-refractivity contribution in [2.75, 3.05) is 6.54 Å². The van der Waals surface area contributed by atoms with Crippen LogP contribution in [0.4, 0.5) is 0 Å². The molecule has 0 aliphatic carbocycles. The molecule has 1 aliphatic heterocycles. The highest BCUT2D eigenvalue weighted by Crippen LogP contribution is 2.25. The summed E-state index contributed by atoms with van der Waals surface area (Å²) in [5, 5.41) is 4.72. The van der Waals surface area contributed by atoms with Gasteiger partial charge in [0.15, 0.2) is 5.82 Å². The minimum Gasteiger partial charge on any atom is -0.272 e. The first-order valence-electron chi connectivity index (χ1n) is 8.60. The minimum absolute atomic E-state index is 0.214. The van der Waals surface area contributed by atoms with Gasteiger partial charge in [0.1, 0.15) is 4.90 Å². The zero-order valence-electron chi connectivity index (χ0n) is 14.7. The highest BCUT2D eigenvalue weighted by Gasteiger charge is 2.30. The maximum absolute atomic E-state index is 12.9. The molecule has 140 valence electrons. The second kappa shape index (κ2) is 7.03. The molecule has 0 radical (unpaired) electrons. The van der Waals surface area contributed by atoms with Crippen LogP contribution in [0.25, 0.3) is 11.4 Å². The van der Waals surface area contributed by atoms with Crippen LogP contribution in [-0.2, 0) is 29.5 Å². The van der Waals surface area contributed by atoms with Gasteiger partial charge in [0.05, 0.1) is 11.9 Å². The number of rotatable bonds is 4. The Bertz CT molecular complexity index is 1080. The Morgan fingerprint density at radius 3 is 2.67 bits per heavy atom. The molecule has 7 nitrogen and oxygen atoms in total. The van der Waals surface area contributed by atoms with Crippen molar-refractivity contribution >= 4 is 21.6 Å². The number of fused-ring (bicyclic) bond motifs is 1. The number of aryl methyl sites for hydroxylation is 1. The Hall–Kier alpha value is -2.29. The molecule has 4 rings (SSSR count). The number of benzene rings is 1. The van der Waals surface area contributed by atoms with Crippen molar-refractivity contribution < 1.29 is 8.42 Å². The molecule has 2 aromatic heterocycles. The predicted octanol–water partition coefficient (Wildman–Crippen LogP) is 2.76. The molecule has 0 atom stereocenters. The van der Waals surface area contributed by atoms with Crippen LogP contribution in [0.5, 0.6) is 0 Å². The number of aromatic nitrogens is 4. The zero-order chi connectivity index (χ0) is 19.0. The molecule has 0 amide bonds. The summed E-state index contributed by atoms with van der Waals surface area (Å²) < 4.78 is 28.8. The van der Waals surface area contributed by atoms with E-state index in [9.17, 15) is 8.42 Å². The van der Waals surface area contributed by atoms with Crippen LogP contribution in [0.2, 0.25) is 5.02 Å². The van der Waals surface area contributed by atoms with Crippen molar-refractivity contribution in [3.8, 4) is 11.4 Å². The summed E-state index contributed by atoms with van der Waals surface area (Å²) in [6.45, 7) is 3.18. The Morgan fingerprint density at radius 2 is 1.96 bits per heavy atom. The summed E-state index contributed by atoms with van der Waals surface area (Å²) in [4.78, 5) is 9.25. The van der Waals surface area contributed by atoms with Gasteiger partial charge >= 0.3 is 0 Å². The van der Waals surface area contributed by atoms with E-state index in [1.165, 1.54) is 10.5 Å². The lowest BCUT2D eigenvalue weighted by molar-refractivity contribution is 0.387. The molecule has 0 N–H and O–H groups in total. The number of hydrogen-bond donors (Lipinski definition) is 0. The molecule has 0 saturated carbocycles. The molecule has 3 heterocycles. The van der Waals surface area contributed by atoms with Crippen LogP contribution in [0.1, 0.15) is 18.2 Å². The fourth-order valence-corrected chi connectivity index (χ4v) is 4.53. The fourth-order valence-electron chi connectivity index (χ4n) is 3.03. The summed E-state index contributed by atoms with van der Waals surface area (Å²) in [7, 11) is -3.58. The Morgan fingerprint density at radius 1 is 1.19 bits per heavy atom. The van der Waals surface area contributed by atoms with Crippen LogP contribution >= 0.6 is 11.6 Å². The van der Waals surface area contributed by atoms with Crippen LogP contribution < -0.4 is 0 Å². The van der Waals surface area contributed by atoms with E-state index >= 15 is 0 Å². The minimum atomic E-state index is -3.58. The maximum atomic E-state index is 12.9. The first-order valence-corrected chi connectivity index (χ1v) is 10.4. The van der Waals surface area contributed by atoms with Crippen molar-refractivity contribution in [2.24, 2.45) is 0 Å². The molecular weight excluding hydrogens is 386 g/mol. The molecule has 0 fully saturated rings. The lowest BCUT2D eigenvalue weighted by atomic mass is 10.1. The summed E-state index contributed by atoms with van der Waals surface area (Å²) in [5.74, 6) is 0.617. The monoisotopic (exact) mass is 403 g/mol. The van der Waals surface area contributed by atoms with Crippen molar-refractivity contribution in [3.63, 3.8) is 0 Å². The summed E-state index contributed by atoms with van der Waals surface area (Å²) in [5.41, 5.74) is 2.58. The van der Waals surface area contributed by atoms with E-state index < -0.39 is 10.0 Å². The third kappa shape index (κ3) is 3.47. The van der Waals surface area contributed by atoms with Gasteiger partial charge in [-0.05, 0) is 31.2 Å².